The third-order valence-corrected chi connectivity index (χ3v) is 14.2. The lowest BCUT2D eigenvalue weighted by molar-refractivity contribution is 0.347. The molecule has 0 bridgehead atoms. The van der Waals surface area contributed by atoms with Crippen molar-refractivity contribution in [1.29, 1.82) is 0 Å². The van der Waals surface area contributed by atoms with Crippen molar-refractivity contribution in [1.82, 2.24) is 24.5 Å². The molecule has 3 atom stereocenters. The Bertz CT molecular complexity index is 3720. The Balaban J connectivity index is 1.03. The van der Waals surface area contributed by atoms with E-state index in [1.165, 1.54) is 22.1 Å². The fraction of sp³-hybridized carbons (Fsp3) is 0.0968. The van der Waals surface area contributed by atoms with Crippen LogP contribution in [0.2, 0.25) is 0 Å². The fourth-order valence-corrected chi connectivity index (χ4v) is 11.0. The van der Waals surface area contributed by atoms with Gasteiger partial charge >= 0.3 is 0 Å². The fourth-order valence-electron chi connectivity index (χ4n) is 11.0. The predicted molar refractivity (Wildman–Crippen MR) is 276 cm³/mol. The number of aromatic nitrogens is 5. The van der Waals surface area contributed by atoms with Gasteiger partial charge in [-0.3, -0.25) is 4.98 Å². The van der Waals surface area contributed by atoms with Gasteiger partial charge in [0, 0.05) is 55.7 Å². The first-order valence-electron chi connectivity index (χ1n) is 23.6. The summed E-state index contributed by atoms with van der Waals surface area (Å²) < 4.78 is 9.19. The maximum absolute atomic E-state index is 6.83. The maximum atomic E-state index is 6.83. The van der Waals surface area contributed by atoms with Crippen molar-refractivity contribution in [3.63, 3.8) is 0 Å². The zero-order valence-corrected chi connectivity index (χ0v) is 37.3. The lowest BCUT2D eigenvalue weighted by atomic mass is 9.67. The summed E-state index contributed by atoms with van der Waals surface area (Å²) in [6, 6.07) is 75.0. The van der Waals surface area contributed by atoms with Crippen LogP contribution in [0.5, 0.6) is 0 Å². The van der Waals surface area contributed by atoms with E-state index in [2.05, 4.69) is 187 Å². The Labute approximate surface area is 394 Å². The van der Waals surface area contributed by atoms with Crippen LogP contribution in [0.4, 0.5) is 0 Å². The average molecular weight is 876 g/mol. The second kappa shape index (κ2) is 16.7. The molecule has 1 saturated carbocycles. The SMILES string of the molecule is c1ccc(-c2nc(-c3ccccc3)nc(-c3cc(C4CCC(c5ccccc5)C(c5ccccc5)C4)cnc3-c3cccc4oc5cc6c7ccccc7n(-c7ccccc7)c6cc5c34)n2)cc1. The smallest absolute Gasteiger partial charge is 0.166 e. The van der Waals surface area contributed by atoms with Gasteiger partial charge in [-0.15, -0.1) is 0 Å². The molecule has 13 rings (SSSR count). The number of nitrogens with zero attached hydrogens (tertiary/aromatic N) is 5. The Kier molecular flexibility index (Phi) is 9.81. The molecule has 0 saturated heterocycles. The van der Waals surface area contributed by atoms with Crippen LogP contribution < -0.4 is 0 Å². The second-order valence-electron chi connectivity index (χ2n) is 18.1. The highest BCUT2D eigenvalue weighted by molar-refractivity contribution is 6.20. The number of benzene rings is 8. The van der Waals surface area contributed by atoms with E-state index in [9.17, 15) is 0 Å². The van der Waals surface area contributed by atoms with Gasteiger partial charge < -0.3 is 8.98 Å². The van der Waals surface area contributed by atoms with Gasteiger partial charge in [0.1, 0.15) is 11.2 Å². The quantitative estimate of drug-likeness (QED) is 0.152. The normalized spacial score (nSPS) is 16.2. The summed E-state index contributed by atoms with van der Waals surface area (Å²) in [6.45, 7) is 0. The molecule has 1 aliphatic carbocycles. The molecule has 0 aliphatic heterocycles. The molecule has 6 heteroatoms. The van der Waals surface area contributed by atoms with Crippen LogP contribution in [-0.4, -0.2) is 24.5 Å². The molecular weight excluding hydrogens is 831 g/mol. The Morgan fingerprint density at radius 2 is 1.03 bits per heavy atom. The molecule has 1 aliphatic rings. The summed E-state index contributed by atoms with van der Waals surface area (Å²) in [5.41, 5.74) is 13.4. The first-order valence-corrected chi connectivity index (χ1v) is 23.6. The zero-order chi connectivity index (χ0) is 45.0. The molecule has 0 radical (unpaired) electrons. The molecule has 324 valence electrons. The molecule has 8 aromatic carbocycles. The van der Waals surface area contributed by atoms with E-state index in [1.54, 1.807) is 0 Å². The van der Waals surface area contributed by atoms with E-state index < -0.39 is 0 Å². The first kappa shape index (κ1) is 39.8. The molecule has 4 heterocycles. The number of fused-ring (bicyclic) bond motifs is 6. The Morgan fingerprint density at radius 3 is 1.72 bits per heavy atom. The number of hydrogen-bond donors (Lipinski definition) is 0. The standard InChI is InChI=1S/C62H45N5O/c1-6-19-40(20-7-1)47-34-33-44(35-50(47)41-21-8-2-9-22-41)45-36-53(62-65-60(42-23-10-3-11-24-42)64-61(66-62)43-25-12-4-13-26-43)59(63-39-45)49-30-18-32-56-58(49)52-37-55-51(38-57(52)68-56)48-29-16-17-31-54(48)67(55)46-27-14-5-15-28-46/h1-32,36-39,44,47,50H,33-35H2. The van der Waals surface area contributed by atoms with Crippen molar-refractivity contribution in [2.24, 2.45) is 0 Å². The third-order valence-electron chi connectivity index (χ3n) is 14.2. The van der Waals surface area contributed by atoms with E-state index in [1.807, 2.05) is 36.4 Å². The Hall–Kier alpha value is -8.48. The molecule has 12 aromatic rings. The van der Waals surface area contributed by atoms with Crippen molar-refractivity contribution >= 4 is 43.7 Å². The number of pyridine rings is 1. The summed E-state index contributed by atoms with van der Waals surface area (Å²) in [5.74, 6) is 2.84. The third kappa shape index (κ3) is 6.96. The summed E-state index contributed by atoms with van der Waals surface area (Å²) in [4.78, 5) is 21.3. The van der Waals surface area contributed by atoms with Gasteiger partial charge in [-0.25, -0.2) is 15.0 Å². The Morgan fingerprint density at radius 1 is 0.426 bits per heavy atom. The van der Waals surface area contributed by atoms with Gasteiger partial charge in [-0.05, 0) is 96.2 Å². The van der Waals surface area contributed by atoms with Crippen LogP contribution in [0.25, 0.3) is 94.9 Å². The predicted octanol–water partition coefficient (Wildman–Crippen LogP) is 15.8. The summed E-state index contributed by atoms with van der Waals surface area (Å²) in [7, 11) is 0. The minimum Gasteiger partial charge on any atom is -0.456 e. The molecule has 4 aromatic heterocycles. The molecule has 1 fully saturated rings. The van der Waals surface area contributed by atoms with Crippen LogP contribution in [0.1, 0.15) is 53.7 Å². The van der Waals surface area contributed by atoms with Gasteiger partial charge in [0.05, 0.1) is 16.7 Å². The summed E-state index contributed by atoms with van der Waals surface area (Å²) >= 11 is 0. The van der Waals surface area contributed by atoms with E-state index >= 15 is 0 Å². The van der Waals surface area contributed by atoms with Crippen molar-refractivity contribution in [3.8, 4) is 51.1 Å². The number of para-hydroxylation sites is 2. The molecule has 0 spiro atoms. The molecule has 0 N–H and O–H groups in total. The van der Waals surface area contributed by atoms with Crippen molar-refractivity contribution in [2.75, 3.05) is 0 Å². The average Bonchev–Trinajstić information content (AvgIpc) is 3.95. The monoisotopic (exact) mass is 875 g/mol. The van der Waals surface area contributed by atoms with Crippen LogP contribution in [0.3, 0.4) is 0 Å². The summed E-state index contributed by atoms with van der Waals surface area (Å²) in [5, 5.41) is 4.35. The second-order valence-corrected chi connectivity index (χ2v) is 18.1. The highest BCUT2D eigenvalue weighted by atomic mass is 16.3. The van der Waals surface area contributed by atoms with Crippen LogP contribution in [0.15, 0.2) is 223 Å². The van der Waals surface area contributed by atoms with Crippen LogP contribution >= 0.6 is 0 Å². The van der Waals surface area contributed by atoms with Gasteiger partial charge in [0.25, 0.3) is 0 Å². The number of rotatable bonds is 8. The highest BCUT2D eigenvalue weighted by Crippen LogP contribution is 2.50. The van der Waals surface area contributed by atoms with E-state index in [0.29, 0.717) is 29.3 Å². The van der Waals surface area contributed by atoms with Crippen LogP contribution in [0, 0.1) is 0 Å². The lowest BCUT2D eigenvalue weighted by Gasteiger charge is -2.37. The molecule has 3 unspecified atom stereocenters. The minimum atomic E-state index is 0.267. The summed E-state index contributed by atoms with van der Waals surface area (Å²) in [6.07, 6.45) is 5.23. The number of furan rings is 1. The van der Waals surface area contributed by atoms with Crippen molar-refractivity contribution in [2.45, 2.75) is 37.0 Å². The van der Waals surface area contributed by atoms with Gasteiger partial charge in [-0.1, -0.05) is 170 Å². The van der Waals surface area contributed by atoms with Crippen LogP contribution in [-0.2, 0) is 0 Å². The van der Waals surface area contributed by atoms with E-state index in [0.717, 1.165) is 91.3 Å². The molecular formula is C62H45N5O. The van der Waals surface area contributed by atoms with Crippen molar-refractivity contribution < 1.29 is 4.42 Å². The maximum Gasteiger partial charge on any atom is 0.166 e. The van der Waals surface area contributed by atoms with Crippen molar-refractivity contribution in [3.05, 3.63) is 235 Å². The molecule has 6 nitrogen and oxygen atoms in total. The van der Waals surface area contributed by atoms with Gasteiger partial charge in [0.15, 0.2) is 17.5 Å². The largest absolute Gasteiger partial charge is 0.456 e. The first-order chi connectivity index (χ1) is 33.7. The van der Waals surface area contributed by atoms with Gasteiger partial charge in [0.2, 0.25) is 0 Å². The molecule has 68 heavy (non-hydrogen) atoms. The van der Waals surface area contributed by atoms with E-state index in [4.69, 9.17) is 24.4 Å². The van der Waals surface area contributed by atoms with Gasteiger partial charge in [-0.2, -0.15) is 0 Å². The lowest BCUT2D eigenvalue weighted by Crippen LogP contribution is -2.21. The minimum absolute atomic E-state index is 0.267. The zero-order valence-electron chi connectivity index (χ0n) is 37.3. The van der Waals surface area contributed by atoms with E-state index in [-0.39, 0.29) is 5.92 Å². The highest BCUT2D eigenvalue weighted by Gasteiger charge is 2.34. The topological polar surface area (TPSA) is 69.6 Å². The number of hydrogen-bond acceptors (Lipinski definition) is 5. The molecule has 0 amide bonds.